The van der Waals surface area contributed by atoms with Crippen molar-refractivity contribution in [2.75, 3.05) is 0 Å². The van der Waals surface area contributed by atoms with Gasteiger partial charge in [0.2, 0.25) is 0 Å². The average Bonchev–Trinajstić information content (AvgIpc) is 3.07. The van der Waals surface area contributed by atoms with Crippen LogP contribution in [-0.4, -0.2) is 25.4 Å². The van der Waals surface area contributed by atoms with Crippen LogP contribution in [0, 0.1) is 6.92 Å². The summed E-state index contributed by atoms with van der Waals surface area (Å²) in [5, 5.41) is 2.71. The minimum absolute atomic E-state index is 0.0959. The van der Waals surface area contributed by atoms with Gasteiger partial charge in [0.25, 0.3) is 11.5 Å². The number of imidazole rings is 1. The third kappa shape index (κ3) is 3.34. The molecule has 0 aliphatic rings. The molecule has 3 aromatic rings. The Labute approximate surface area is 132 Å². The van der Waals surface area contributed by atoms with E-state index in [0.717, 1.165) is 11.4 Å². The second-order valence-corrected chi connectivity index (χ2v) is 5.06. The predicted octanol–water partition coefficient (Wildman–Crippen LogP) is 1.19. The molecule has 0 aliphatic carbocycles. The van der Waals surface area contributed by atoms with Crippen molar-refractivity contribution < 1.29 is 4.79 Å². The van der Waals surface area contributed by atoms with Crippen LogP contribution in [0.5, 0.6) is 0 Å². The van der Waals surface area contributed by atoms with Gasteiger partial charge in [0.15, 0.2) is 0 Å². The first-order valence-electron chi connectivity index (χ1n) is 7.05. The summed E-state index contributed by atoms with van der Waals surface area (Å²) in [6.07, 6.45) is 6.81. The number of carbonyl (C=O) groups is 1. The van der Waals surface area contributed by atoms with E-state index < -0.39 is 11.5 Å². The normalized spacial score (nSPS) is 10.5. The summed E-state index contributed by atoms with van der Waals surface area (Å²) in [6, 6.07) is 6.91. The fourth-order valence-corrected chi connectivity index (χ4v) is 2.10. The van der Waals surface area contributed by atoms with Gasteiger partial charge in [0, 0.05) is 30.8 Å². The molecule has 0 atom stereocenters. The maximum absolute atomic E-state index is 12.0. The first-order chi connectivity index (χ1) is 11.1. The van der Waals surface area contributed by atoms with Crippen LogP contribution in [0.3, 0.4) is 0 Å². The largest absolute Gasteiger partial charge is 0.348 e. The van der Waals surface area contributed by atoms with E-state index in [2.05, 4.69) is 20.3 Å². The van der Waals surface area contributed by atoms with Crippen LogP contribution in [0.2, 0.25) is 0 Å². The molecule has 0 spiro atoms. The van der Waals surface area contributed by atoms with E-state index >= 15 is 0 Å². The van der Waals surface area contributed by atoms with E-state index in [-0.39, 0.29) is 5.56 Å². The Balaban J connectivity index is 1.66. The molecule has 0 saturated carbocycles. The molecular formula is C16H15N5O2. The molecule has 1 amide bonds. The zero-order valence-corrected chi connectivity index (χ0v) is 12.5. The topological polar surface area (TPSA) is 92.7 Å². The number of hydrogen-bond acceptors (Lipinski definition) is 4. The number of hydrogen-bond donors (Lipinski definition) is 2. The Bertz CT molecular complexity index is 866. The van der Waals surface area contributed by atoms with Crippen LogP contribution in [0.1, 0.15) is 21.6 Å². The number of amides is 1. The van der Waals surface area contributed by atoms with Gasteiger partial charge < -0.3 is 10.3 Å². The highest BCUT2D eigenvalue weighted by atomic mass is 16.2. The first kappa shape index (κ1) is 14.7. The van der Waals surface area contributed by atoms with E-state index in [1.165, 1.54) is 6.07 Å². The van der Waals surface area contributed by atoms with Crippen LogP contribution in [0.15, 0.2) is 54.0 Å². The Kier molecular flexibility index (Phi) is 4.01. The van der Waals surface area contributed by atoms with Crippen molar-refractivity contribution in [3.63, 3.8) is 0 Å². The molecule has 7 nitrogen and oxygen atoms in total. The lowest BCUT2D eigenvalue weighted by Crippen LogP contribution is -2.29. The molecule has 0 aromatic carbocycles. The van der Waals surface area contributed by atoms with Crippen molar-refractivity contribution in [1.82, 2.24) is 24.8 Å². The highest BCUT2D eigenvalue weighted by Crippen LogP contribution is 2.05. The summed E-state index contributed by atoms with van der Waals surface area (Å²) in [7, 11) is 0. The second kappa shape index (κ2) is 6.27. The Hall–Kier alpha value is -3.22. The van der Waals surface area contributed by atoms with Crippen molar-refractivity contribution in [2.45, 2.75) is 13.5 Å². The van der Waals surface area contributed by atoms with Crippen molar-refractivity contribution in [2.24, 2.45) is 0 Å². The van der Waals surface area contributed by atoms with Gasteiger partial charge in [-0.3, -0.25) is 14.2 Å². The quantitative estimate of drug-likeness (QED) is 0.757. The Morgan fingerprint density at radius 2 is 2.17 bits per heavy atom. The van der Waals surface area contributed by atoms with Gasteiger partial charge >= 0.3 is 0 Å². The standard InChI is InChI=1S/C16H15N5O2/c1-11-2-4-13(16(23)20-11)15(22)19-9-12-3-5-14(18-8-12)21-7-6-17-10-21/h2-8,10H,9H2,1H3,(H,19,22)(H,20,23). The fraction of sp³-hybridized carbons (Fsp3) is 0.125. The zero-order valence-electron chi connectivity index (χ0n) is 12.5. The van der Waals surface area contributed by atoms with Gasteiger partial charge in [0.1, 0.15) is 17.7 Å². The van der Waals surface area contributed by atoms with E-state index in [4.69, 9.17) is 0 Å². The predicted molar refractivity (Wildman–Crippen MR) is 84.3 cm³/mol. The van der Waals surface area contributed by atoms with E-state index in [1.54, 1.807) is 42.5 Å². The molecule has 0 bridgehead atoms. The fourth-order valence-electron chi connectivity index (χ4n) is 2.10. The molecule has 0 radical (unpaired) electrons. The number of aromatic nitrogens is 4. The van der Waals surface area contributed by atoms with E-state index in [9.17, 15) is 9.59 Å². The van der Waals surface area contributed by atoms with Crippen LogP contribution in [0.25, 0.3) is 5.82 Å². The molecular weight excluding hydrogens is 294 g/mol. The van der Waals surface area contributed by atoms with Gasteiger partial charge in [-0.2, -0.15) is 0 Å². The molecule has 116 valence electrons. The molecule has 2 N–H and O–H groups in total. The van der Waals surface area contributed by atoms with Gasteiger partial charge in [-0.25, -0.2) is 9.97 Å². The van der Waals surface area contributed by atoms with Crippen molar-refractivity contribution in [3.8, 4) is 5.82 Å². The molecule has 3 aromatic heterocycles. The summed E-state index contributed by atoms with van der Waals surface area (Å²) in [5.74, 6) is 0.331. The number of H-pyrrole nitrogens is 1. The SMILES string of the molecule is Cc1ccc(C(=O)NCc2ccc(-n3ccnc3)nc2)c(=O)[nH]1. The van der Waals surface area contributed by atoms with Crippen LogP contribution < -0.4 is 10.9 Å². The highest BCUT2D eigenvalue weighted by Gasteiger charge is 2.10. The van der Waals surface area contributed by atoms with Crippen LogP contribution in [0.4, 0.5) is 0 Å². The maximum Gasteiger partial charge on any atom is 0.260 e. The summed E-state index contributed by atoms with van der Waals surface area (Å²) in [4.78, 5) is 34.6. The molecule has 0 saturated heterocycles. The van der Waals surface area contributed by atoms with Crippen LogP contribution in [-0.2, 0) is 6.54 Å². The molecule has 3 heterocycles. The number of nitrogens with one attached hydrogen (secondary N) is 2. The summed E-state index contributed by atoms with van der Waals surface area (Å²) in [5.41, 5.74) is 1.26. The summed E-state index contributed by atoms with van der Waals surface area (Å²) in [6.45, 7) is 2.06. The lowest BCUT2D eigenvalue weighted by Gasteiger charge is -2.06. The van der Waals surface area contributed by atoms with Gasteiger partial charge in [-0.1, -0.05) is 6.07 Å². The minimum Gasteiger partial charge on any atom is -0.348 e. The zero-order chi connectivity index (χ0) is 16.2. The number of nitrogens with zero attached hydrogens (tertiary/aromatic N) is 3. The number of pyridine rings is 2. The Morgan fingerprint density at radius 1 is 1.30 bits per heavy atom. The third-order valence-electron chi connectivity index (χ3n) is 3.33. The van der Waals surface area contributed by atoms with Crippen LogP contribution >= 0.6 is 0 Å². The van der Waals surface area contributed by atoms with Crippen molar-refractivity contribution in [3.05, 3.63) is 76.4 Å². The van der Waals surface area contributed by atoms with Crippen molar-refractivity contribution >= 4 is 5.91 Å². The number of carbonyl (C=O) groups excluding carboxylic acids is 1. The molecule has 0 fully saturated rings. The van der Waals surface area contributed by atoms with E-state index in [1.807, 2.05) is 12.1 Å². The third-order valence-corrected chi connectivity index (χ3v) is 3.33. The van der Waals surface area contributed by atoms with E-state index in [0.29, 0.717) is 12.2 Å². The number of aromatic amines is 1. The molecule has 7 heteroatoms. The number of rotatable bonds is 4. The lowest BCUT2D eigenvalue weighted by molar-refractivity contribution is 0.0949. The summed E-state index contributed by atoms with van der Waals surface area (Å²) >= 11 is 0. The maximum atomic E-state index is 12.0. The molecule has 23 heavy (non-hydrogen) atoms. The minimum atomic E-state index is -0.412. The smallest absolute Gasteiger partial charge is 0.260 e. The molecule has 0 aliphatic heterocycles. The summed E-state index contributed by atoms with van der Waals surface area (Å²) < 4.78 is 1.79. The first-order valence-corrected chi connectivity index (χ1v) is 7.05. The lowest BCUT2D eigenvalue weighted by atomic mass is 10.2. The molecule has 3 rings (SSSR count). The van der Waals surface area contributed by atoms with Gasteiger partial charge in [-0.15, -0.1) is 0 Å². The average molecular weight is 309 g/mol. The highest BCUT2D eigenvalue weighted by molar-refractivity contribution is 5.93. The van der Waals surface area contributed by atoms with Gasteiger partial charge in [0.05, 0.1) is 0 Å². The molecule has 0 unspecified atom stereocenters. The van der Waals surface area contributed by atoms with Crippen molar-refractivity contribution in [1.29, 1.82) is 0 Å². The monoisotopic (exact) mass is 309 g/mol. The second-order valence-electron chi connectivity index (χ2n) is 5.06. The van der Waals surface area contributed by atoms with Gasteiger partial charge in [-0.05, 0) is 30.7 Å². The number of aryl methyl sites for hydroxylation is 1. The Morgan fingerprint density at radius 3 is 2.83 bits per heavy atom.